The number of halogens is 1. The molecule has 0 bridgehead atoms. The molecule has 0 unspecified atom stereocenters. The van der Waals surface area contributed by atoms with Crippen LogP contribution in [0.2, 0.25) is 0 Å². The number of amides is 1. The molecule has 2 aromatic heterocycles. The second-order valence-electron chi connectivity index (χ2n) is 6.88. The van der Waals surface area contributed by atoms with E-state index in [1.807, 2.05) is 0 Å². The van der Waals surface area contributed by atoms with Gasteiger partial charge in [-0.15, -0.1) is 0 Å². The number of benzene rings is 2. The molecular weight excluding hydrogens is 449 g/mol. The van der Waals surface area contributed by atoms with Crippen molar-refractivity contribution in [2.24, 2.45) is 0 Å². The number of anilines is 2. The third-order valence-electron chi connectivity index (χ3n) is 4.49. The molecule has 0 fully saturated rings. The predicted octanol–water partition coefficient (Wildman–Crippen LogP) is 3.64. The molecule has 0 aliphatic rings. The van der Waals surface area contributed by atoms with Gasteiger partial charge in [0.25, 0.3) is 10.0 Å². The van der Waals surface area contributed by atoms with Crippen LogP contribution in [0.4, 0.5) is 16.0 Å². The van der Waals surface area contributed by atoms with Gasteiger partial charge in [0, 0.05) is 36.5 Å². The minimum atomic E-state index is -3.86. The first-order chi connectivity index (χ1) is 15.9. The Bertz CT molecular complexity index is 1340. The zero-order chi connectivity index (χ0) is 23.3. The van der Waals surface area contributed by atoms with Crippen molar-refractivity contribution in [3.8, 4) is 11.3 Å². The summed E-state index contributed by atoms with van der Waals surface area (Å²) in [5, 5.41) is 2.70. The SMILES string of the molecule is O=C(CCc1ncc(-c2ccc(F)cc2)o1)Nc1ccc(S(=O)(=O)Nc2ncccn2)cc1. The molecule has 1 amide bonds. The molecule has 4 rings (SSSR count). The minimum Gasteiger partial charge on any atom is -0.441 e. The Labute approximate surface area is 188 Å². The average molecular weight is 467 g/mol. The third-order valence-corrected chi connectivity index (χ3v) is 5.83. The Balaban J connectivity index is 1.31. The van der Waals surface area contributed by atoms with Gasteiger partial charge in [-0.1, -0.05) is 0 Å². The van der Waals surface area contributed by atoms with Crippen molar-refractivity contribution in [3.63, 3.8) is 0 Å². The lowest BCUT2D eigenvalue weighted by molar-refractivity contribution is -0.116. The number of carbonyl (C=O) groups is 1. The summed E-state index contributed by atoms with van der Waals surface area (Å²) in [5.41, 5.74) is 1.12. The number of aromatic nitrogens is 3. The van der Waals surface area contributed by atoms with Crippen LogP contribution in [0.15, 0.2) is 82.5 Å². The number of nitrogens with zero attached hydrogens (tertiary/aromatic N) is 3. The highest BCUT2D eigenvalue weighted by atomic mass is 32.2. The Morgan fingerprint density at radius 3 is 2.36 bits per heavy atom. The van der Waals surface area contributed by atoms with Gasteiger partial charge in [0.2, 0.25) is 11.9 Å². The summed E-state index contributed by atoms with van der Waals surface area (Å²) in [6.45, 7) is 0. The molecule has 2 N–H and O–H groups in total. The molecular formula is C22H18FN5O4S. The minimum absolute atomic E-state index is 0.000982. The first-order valence-corrected chi connectivity index (χ1v) is 11.3. The van der Waals surface area contributed by atoms with Crippen LogP contribution < -0.4 is 10.0 Å². The zero-order valence-corrected chi connectivity index (χ0v) is 17.9. The second-order valence-corrected chi connectivity index (χ2v) is 8.56. The van der Waals surface area contributed by atoms with Gasteiger partial charge in [0.1, 0.15) is 5.82 Å². The van der Waals surface area contributed by atoms with Gasteiger partial charge in [-0.2, -0.15) is 0 Å². The van der Waals surface area contributed by atoms with Crippen LogP contribution in [0, 0.1) is 5.82 Å². The quantitative estimate of drug-likeness (QED) is 0.405. The lowest BCUT2D eigenvalue weighted by Gasteiger charge is -2.08. The van der Waals surface area contributed by atoms with Gasteiger partial charge < -0.3 is 9.73 Å². The van der Waals surface area contributed by atoms with Gasteiger partial charge in [-0.05, 0) is 54.6 Å². The number of carbonyl (C=O) groups excluding carboxylic acids is 1. The molecule has 0 spiro atoms. The number of oxazole rings is 1. The van der Waals surface area contributed by atoms with Crippen molar-refractivity contribution in [2.75, 3.05) is 10.0 Å². The summed E-state index contributed by atoms with van der Waals surface area (Å²) < 4.78 is 45.7. The van der Waals surface area contributed by atoms with Crippen molar-refractivity contribution in [1.29, 1.82) is 0 Å². The molecule has 0 radical (unpaired) electrons. The maximum absolute atomic E-state index is 13.0. The van der Waals surface area contributed by atoms with E-state index in [0.29, 0.717) is 22.9 Å². The van der Waals surface area contributed by atoms with Crippen LogP contribution >= 0.6 is 0 Å². The average Bonchev–Trinajstić information content (AvgIpc) is 3.28. The second kappa shape index (κ2) is 9.57. The van der Waals surface area contributed by atoms with Gasteiger partial charge in [-0.25, -0.2) is 32.5 Å². The molecule has 0 saturated heterocycles. The fraction of sp³-hybridized carbons (Fsp3) is 0.0909. The maximum Gasteiger partial charge on any atom is 0.264 e. The van der Waals surface area contributed by atoms with Crippen LogP contribution in [-0.2, 0) is 21.2 Å². The van der Waals surface area contributed by atoms with Crippen molar-refractivity contribution in [3.05, 3.63) is 84.9 Å². The van der Waals surface area contributed by atoms with Crippen molar-refractivity contribution in [2.45, 2.75) is 17.7 Å². The maximum atomic E-state index is 13.0. The number of nitrogens with one attached hydrogen (secondary N) is 2. The van der Waals surface area contributed by atoms with E-state index in [-0.39, 0.29) is 35.4 Å². The number of rotatable bonds is 8. The predicted molar refractivity (Wildman–Crippen MR) is 118 cm³/mol. The molecule has 33 heavy (non-hydrogen) atoms. The summed E-state index contributed by atoms with van der Waals surface area (Å²) in [4.78, 5) is 24.1. The van der Waals surface area contributed by atoms with Crippen LogP contribution in [-0.4, -0.2) is 29.3 Å². The fourth-order valence-electron chi connectivity index (χ4n) is 2.87. The van der Waals surface area contributed by atoms with E-state index in [0.717, 1.165) is 0 Å². The van der Waals surface area contributed by atoms with E-state index < -0.39 is 10.0 Å². The van der Waals surface area contributed by atoms with Gasteiger partial charge in [0.15, 0.2) is 11.7 Å². The summed E-state index contributed by atoms with van der Waals surface area (Å²) in [5.74, 6) is 0.186. The Morgan fingerprint density at radius 2 is 1.67 bits per heavy atom. The van der Waals surface area contributed by atoms with E-state index >= 15 is 0 Å². The summed E-state index contributed by atoms with van der Waals surface area (Å²) >= 11 is 0. The highest BCUT2D eigenvalue weighted by Crippen LogP contribution is 2.21. The molecule has 168 valence electrons. The van der Waals surface area contributed by atoms with Crippen molar-refractivity contribution >= 4 is 27.6 Å². The zero-order valence-electron chi connectivity index (χ0n) is 17.1. The molecule has 0 aliphatic carbocycles. The molecule has 2 heterocycles. The van der Waals surface area contributed by atoms with Crippen LogP contribution in [0.25, 0.3) is 11.3 Å². The van der Waals surface area contributed by atoms with Crippen molar-refractivity contribution in [1.82, 2.24) is 15.0 Å². The van der Waals surface area contributed by atoms with E-state index in [1.165, 1.54) is 55.0 Å². The molecule has 0 aliphatic heterocycles. The van der Waals surface area contributed by atoms with Gasteiger partial charge in [0.05, 0.1) is 11.1 Å². The first-order valence-electron chi connectivity index (χ1n) is 9.79. The van der Waals surface area contributed by atoms with E-state index in [9.17, 15) is 17.6 Å². The van der Waals surface area contributed by atoms with E-state index in [4.69, 9.17) is 4.42 Å². The standard InChI is InChI=1S/C22H18FN5O4S/c23-16-4-2-15(3-5-16)19-14-26-21(32-19)11-10-20(29)27-17-6-8-18(9-7-17)33(30,31)28-22-24-12-1-13-25-22/h1-9,12-14H,10-11H2,(H,27,29)(H,24,25,28). The molecule has 4 aromatic rings. The molecule has 0 atom stereocenters. The summed E-state index contributed by atoms with van der Waals surface area (Å²) in [7, 11) is -3.86. The van der Waals surface area contributed by atoms with Gasteiger partial charge in [-0.3, -0.25) is 4.79 Å². The number of hydrogen-bond donors (Lipinski definition) is 2. The smallest absolute Gasteiger partial charge is 0.264 e. The van der Waals surface area contributed by atoms with Crippen LogP contribution in [0.3, 0.4) is 0 Å². The Hall–Kier alpha value is -4.12. The van der Waals surface area contributed by atoms with Crippen LogP contribution in [0.1, 0.15) is 12.3 Å². The number of hydrogen-bond acceptors (Lipinski definition) is 7. The lowest BCUT2D eigenvalue weighted by Crippen LogP contribution is -2.15. The molecule has 2 aromatic carbocycles. The molecule has 0 saturated carbocycles. The summed E-state index contributed by atoms with van der Waals surface area (Å²) in [6.07, 6.45) is 4.74. The number of sulfonamides is 1. The highest BCUT2D eigenvalue weighted by Gasteiger charge is 2.16. The normalized spacial score (nSPS) is 11.2. The monoisotopic (exact) mass is 467 g/mol. The molecule has 11 heteroatoms. The third kappa shape index (κ3) is 5.77. The Kier molecular flexibility index (Phi) is 6.41. The fourth-order valence-corrected chi connectivity index (χ4v) is 3.82. The molecule has 9 nitrogen and oxygen atoms in total. The first kappa shape index (κ1) is 22.1. The number of aryl methyl sites for hydroxylation is 1. The van der Waals surface area contributed by atoms with Crippen LogP contribution in [0.5, 0.6) is 0 Å². The van der Waals surface area contributed by atoms with E-state index in [2.05, 4.69) is 25.0 Å². The summed E-state index contributed by atoms with van der Waals surface area (Å²) in [6, 6.07) is 13.1. The van der Waals surface area contributed by atoms with Gasteiger partial charge >= 0.3 is 0 Å². The topological polar surface area (TPSA) is 127 Å². The van der Waals surface area contributed by atoms with E-state index in [1.54, 1.807) is 18.2 Å². The van der Waals surface area contributed by atoms with Crippen molar-refractivity contribution < 1.29 is 22.0 Å². The highest BCUT2D eigenvalue weighted by molar-refractivity contribution is 7.92. The Morgan fingerprint density at radius 1 is 0.970 bits per heavy atom. The largest absolute Gasteiger partial charge is 0.441 e. The lowest BCUT2D eigenvalue weighted by atomic mass is 10.2.